The van der Waals surface area contributed by atoms with Crippen molar-refractivity contribution in [2.45, 2.75) is 24.3 Å². The summed E-state index contributed by atoms with van der Waals surface area (Å²) in [6.07, 6.45) is 2.97. The van der Waals surface area contributed by atoms with Gasteiger partial charge in [0.25, 0.3) is 0 Å². The molecule has 1 atom stereocenters. The Balaban J connectivity index is 1.94. The van der Waals surface area contributed by atoms with Gasteiger partial charge in [-0.3, -0.25) is 0 Å². The number of benzene rings is 1. The summed E-state index contributed by atoms with van der Waals surface area (Å²) in [6.45, 7) is 2.57. The van der Waals surface area contributed by atoms with Crippen LogP contribution in [0.2, 0.25) is 0 Å². The van der Waals surface area contributed by atoms with E-state index in [0.29, 0.717) is 0 Å². The van der Waals surface area contributed by atoms with E-state index >= 15 is 0 Å². The zero-order valence-electron chi connectivity index (χ0n) is 15.0. The molecule has 1 aromatic carbocycles. The van der Waals surface area contributed by atoms with Crippen molar-refractivity contribution in [2.75, 3.05) is 19.3 Å². The topological polar surface area (TPSA) is 88.5 Å². The smallest absolute Gasteiger partial charge is 0.243 e. The van der Waals surface area contributed by atoms with Crippen LogP contribution in [0.25, 0.3) is 0 Å². The molecule has 0 saturated heterocycles. The van der Waals surface area contributed by atoms with E-state index < -0.39 is 20.0 Å². The molecule has 1 aliphatic rings. The van der Waals surface area contributed by atoms with Gasteiger partial charge < -0.3 is 4.57 Å². The molecule has 0 saturated carbocycles. The van der Waals surface area contributed by atoms with Crippen LogP contribution in [0.5, 0.6) is 0 Å². The van der Waals surface area contributed by atoms with Gasteiger partial charge in [0.1, 0.15) is 0 Å². The van der Waals surface area contributed by atoms with Gasteiger partial charge in [-0.05, 0) is 30.7 Å². The predicted molar refractivity (Wildman–Crippen MR) is 99.8 cm³/mol. The summed E-state index contributed by atoms with van der Waals surface area (Å²) < 4.78 is 54.9. The van der Waals surface area contributed by atoms with Gasteiger partial charge >= 0.3 is 0 Å². The first-order valence-electron chi connectivity index (χ1n) is 8.23. The van der Waals surface area contributed by atoms with E-state index in [1.54, 1.807) is 24.3 Å². The molecule has 9 heteroatoms. The second-order valence-corrected chi connectivity index (χ2v) is 10.5. The van der Waals surface area contributed by atoms with Gasteiger partial charge in [-0.1, -0.05) is 17.7 Å². The Morgan fingerprint density at radius 1 is 1.12 bits per heavy atom. The Kier molecular flexibility index (Phi) is 5.00. The Labute approximate surface area is 154 Å². The van der Waals surface area contributed by atoms with E-state index in [1.807, 2.05) is 30.8 Å². The zero-order valence-corrected chi connectivity index (χ0v) is 16.6. The number of rotatable bonds is 5. The Hall–Kier alpha value is -1.68. The zero-order chi connectivity index (χ0) is 19.1. The molecule has 0 aliphatic carbocycles. The molecule has 1 aliphatic heterocycles. The van der Waals surface area contributed by atoms with Crippen LogP contribution in [0, 0.1) is 6.92 Å². The lowest BCUT2D eigenvalue weighted by Gasteiger charge is -2.33. The minimum Gasteiger partial charge on any atom is -0.353 e. The van der Waals surface area contributed by atoms with Crippen molar-refractivity contribution in [1.82, 2.24) is 13.6 Å². The van der Waals surface area contributed by atoms with Crippen LogP contribution in [0.15, 0.2) is 41.4 Å². The van der Waals surface area contributed by atoms with Crippen LogP contribution in [-0.2, 0) is 33.6 Å². The number of sulfonamides is 2. The summed E-state index contributed by atoms with van der Waals surface area (Å²) in [5, 5.41) is 0. The van der Waals surface area contributed by atoms with Crippen LogP contribution in [0.1, 0.15) is 22.7 Å². The fraction of sp³-hybridized carbons (Fsp3) is 0.412. The van der Waals surface area contributed by atoms with Crippen molar-refractivity contribution >= 4 is 20.0 Å². The molecule has 2 aromatic rings. The van der Waals surface area contributed by atoms with Gasteiger partial charge in [-0.25, -0.2) is 21.6 Å². The fourth-order valence-electron chi connectivity index (χ4n) is 3.20. The summed E-state index contributed by atoms with van der Waals surface area (Å²) in [5.74, 6) is -0.241. The third-order valence-corrected chi connectivity index (χ3v) is 7.19. The van der Waals surface area contributed by atoms with Gasteiger partial charge in [0.2, 0.25) is 20.0 Å². The van der Waals surface area contributed by atoms with E-state index in [0.717, 1.165) is 23.1 Å². The number of fused-ring (bicyclic) bond motifs is 1. The Morgan fingerprint density at radius 2 is 1.77 bits per heavy atom. The molecule has 2 heterocycles. The highest BCUT2D eigenvalue weighted by molar-refractivity contribution is 7.89. The van der Waals surface area contributed by atoms with E-state index in [9.17, 15) is 16.8 Å². The number of hydrogen-bond acceptors (Lipinski definition) is 4. The molecular formula is C17H23N3O4S2. The van der Waals surface area contributed by atoms with Crippen molar-refractivity contribution in [2.24, 2.45) is 7.05 Å². The fourth-order valence-corrected chi connectivity index (χ4v) is 5.15. The lowest BCUT2D eigenvalue weighted by molar-refractivity contribution is 0.345. The van der Waals surface area contributed by atoms with Gasteiger partial charge in [-0.2, -0.15) is 4.31 Å². The van der Waals surface area contributed by atoms with E-state index in [2.05, 4.69) is 4.72 Å². The van der Waals surface area contributed by atoms with Crippen LogP contribution in [0.4, 0.5) is 0 Å². The summed E-state index contributed by atoms with van der Waals surface area (Å²) in [7, 11) is -5.15. The largest absolute Gasteiger partial charge is 0.353 e. The molecule has 1 N–H and O–H groups in total. The summed E-state index contributed by atoms with van der Waals surface area (Å²) >= 11 is 0. The second-order valence-electron chi connectivity index (χ2n) is 6.76. The minimum atomic E-state index is -3.66. The first-order valence-corrected chi connectivity index (χ1v) is 11.6. The predicted octanol–water partition coefficient (Wildman–Crippen LogP) is 1.17. The molecule has 7 nitrogen and oxygen atoms in total. The Morgan fingerprint density at radius 3 is 2.38 bits per heavy atom. The molecular weight excluding hydrogens is 374 g/mol. The third kappa shape index (κ3) is 3.85. The maximum absolute atomic E-state index is 13.1. The van der Waals surface area contributed by atoms with E-state index in [4.69, 9.17) is 0 Å². The minimum absolute atomic E-state index is 0.162. The van der Waals surface area contributed by atoms with Crippen LogP contribution < -0.4 is 4.72 Å². The van der Waals surface area contributed by atoms with Gasteiger partial charge in [0, 0.05) is 37.9 Å². The molecule has 0 fully saturated rings. The second kappa shape index (κ2) is 6.80. The number of aryl methyl sites for hydroxylation is 2. The number of nitrogens with one attached hydrogen (secondary N) is 1. The summed E-state index contributed by atoms with van der Waals surface area (Å²) in [6, 6.07) is 8.69. The molecule has 1 unspecified atom stereocenters. The summed E-state index contributed by atoms with van der Waals surface area (Å²) in [4.78, 5) is 0.246. The van der Waals surface area contributed by atoms with E-state index in [-0.39, 0.29) is 30.4 Å². The van der Waals surface area contributed by atoms with Crippen LogP contribution in [-0.4, -0.2) is 45.1 Å². The SMILES string of the molecule is Cc1ccc(S(=O)(=O)N2Cc3c(ccn3C)C(CNS(C)(=O)=O)C2)cc1. The molecule has 1 aromatic heterocycles. The number of nitrogens with zero attached hydrogens (tertiary/aromatic N) is 2. The molecule has 142 valence electrons. The van der Waals surface area contributed by atoms with E-state index in [1.165, 1.54) is 4.31 Å². The lowest BCUT2D eigenvalue weighted by atomic mass is 9.96. The van der Waals surface area contributed by atoms with Crippen molar-refractivity contribution in [1.29, 1.82) is 0 Å². The maximum atomic E-state index is 13.1. The average Bonchev–Trinajstić information content (AvgIpc) is 2.94. The first kappa shape index (κ1) is 19.1. The van der Waals surface area contributed by atoms with Crippen molar-refractivity contribution < 1.29 is 16.8 Å². The monoisotopic (exact) mass is 397 g/mol. The standard InChI is InChI=1S/C17H23N3O4S2/c1-13-4-6-15(7-5-13)26(23,24)20-11-14(10-18-25(3,21)22)16-8-9-19(2)17(16)12-20/h4-9,14,18H,10-12H2,1-3H3. The number of aromatic nitrogens is 1. The lowest BCUT2D eigenvalue weighted by Crippen LogP contribution is -2.42. The van der Waals surface area contributed by atoms with Gasteiger partial charge in [0.05, 0.1) is 17.7 Å². The van der Waals surface area contributed by atoms with Crippen LogP contribution >= 0.6 is 0 Å². The molecule has 26 heavy (non-hydrogen) atoms. The molecule has 0 amide bonds. The highest BCUT2D eigenvalue weighted by Gasteiger charge is 2.34. The average molecular weight is 398 g/mol. The van der Waals surface area contributed by atoms with Gasteiger partial charge in [0.15, 0.2) is 0 Å². The summed E-state index contributed by atoms with van der Waals surface area (Å²) in [5.41, 5.74) is 2.86. The maximum Gasteiger partial charge on any atom is 0.243 e. The molecule has 0 radical (unpaired) electrons. The van der Waals surface area contributed by atoms with Crippen molar-refractivity contribution in [3.8, 4) is 0 Å². The quantitative estimate of drug-likeness (QED) is 0.820. The molecule has 0 spiro atoms. The third-order valence-electron chi connectivity index (χ3n) is 4.68. The highest BCUT2D eigenvalue weighted by Crippen LogP contribution is 2.32. The van der Waals surface area contributed by atoms with Gasteiger partial charge in [-0.15, -0.1) is 0 Å². The first-order chi connectivity index (χ1) is 12.1. The van der Waals surface area contributed by atoms with Crippen molar-refractivity contribution in [3.05, 3.63) is 53.3 Å². The van der Waals surface area contributed by atoms with Crippen molar-refractivity contribution in [3.63, 3.8) is 0 Å². The Bertz CT molecular complexity index is 1010. The molecule has 3 rings (SSSR count). The highest BCUT2D eigenvalue weighted by atomic mass is 32.2. The molecule has 0 bridgehead atoms. The van der Waals surface area contributed by atoms with Crippen LogP contribution in [0.3, 0.4) is 0 Å². The normalized spacial score (nSPS) is 18.7. The number of hydrogen-bond donors (Lipinski definition) is 1.